The van der Waals surface area contributed by atoms with Gasteiger partial charge in [0.05, 0.1) is 10.8 Å². The van der Waals surface area contributed by atoms with Gasteiger partial charge in [-0.25, -0.2) is 13.6 Å². The van der Waals surface area contributed by atoms with E-state index in [-0.39, 0.29) is 23.1 Å². The summed E-state index contributed by atoms with van der Waals surface area (Å²) in [6.07, 6.45) is 0. The van der Waals surface area contributed by atoms with Crippen molar-refractivity contribution in [2.24, 2.45) is 5.14 Å². The Bertz CT molecular complexity index is 462. The number of nitrogens with two attached hydrogens (primary N) is 1. The van der Waals surface area contributed by atoms with Crippen LogP contribution in [0.5, 0.6) is 5.75 Å². The molecule has 1 aromatic rings. The van der Waals surface area contributed by atoms with Crippen LogP contribution in [-0.4, -0.2) is 25.8 Å². The summed E-state index contributed by atoms with van der Waals surface area (Å²) in [6, 6.07) is 4.80. The number of nitrogens with one attached hydrogen (secondary N) is 1. The fourth-order valence-corrected chi connectivity index (χ4v) is 1.74. The van der Waals surface area contributed by atoms with Crippen LogP contribution < -0.4 is 10.5 Å². The number of phenols is 1. The van der Waals surface area contributed by atoms with E-state index in [1.165, 1.54) is 6.07 Å². The molecule has 0 spiro atoms. The number of hydrogen-bond acceptors (Lipinski definition) is 4. The summed E-state index contributed by atoms with van der Waals surface area (Å²) in [5.41, 5.74) is 0.859. The number of aromatic hydroxyl groups is 1. The maximum Gasteiger partial charge on any atom is 0.210 e. The molecule has 1 rings (SSSR count). The van der Waals surface area contributed by atoms with Gasteiger partial charge in [-0.3, -0.25) is 0 Å². The van der Waals surface area contributed by atoms with Crippen molar-refractivity contribution >= 4 is 21.6 Å². The van der Waals surface area contributed by atoms with Crippen LogP contribution in [0.3, 0.4) is 0 Å². The van der Waals surface area contributed by atoms with E-state index < -0.39 is 10.0 Å². The number of phenolic OH excluding ortho intramolecular Hbond substituents is 1. The molecule has 0 unspecified atom stereocenters. The second-order valence-corrected chi connectivity index (χ2v) is 5.47. The first-order valence-electron chi connectivity index (χ1n) is 4.57. The Morgan fingerprint density at radius 3 is 2.69 bits per heavy atom. The number of hydrogen-bond donors (Lipinski definition) is 3. The summed E-state index contributed by atoms with van der Waals surface area (Å²) in [6.45, 7) is 0.743. The van der Waals surface area contributed by atoms with Crippen LogP contribution in [0.15, 0.2) is 18.2 Å². The second-order valence-electron chi connectivity index (χ2n) is 3.33. The number of benzene rings is 1. The largest absolute Gasteiger partial charge is 0.506 e. The van der Waals surface area contributed by atoms with Gasteiger partial charge in [0, 0.05) is 13.1 Å². The van der Waals surface area contributed by atoms with Crippen LogP contribution in [-0.2, 0) is 16.6 Å². The zero-order valence-corrected chi connectivity index (χ0v) is 10.1. The monoisotopic (exact) mass is 264 g/mol. The Balaban J connectivity index is 2.41. The Hall–Kier alpha value is -0.820. The average molecular weight is 265 g/mol. The first kappa shape index (κ1) is 13.2. The maximum atomic E-state index is 10.6. The topological polar surface area (TPSA) is 92.4 Å². The molecule has 1 aromatic carbocycles. The van der Waals surface area contributed by atoms with Crippen molar-refractivity contribution in [1.29, 1.82) is 0 Å². The first-order valence-corrected chi connectivity index (χ1v) is 6.66. The number of rotatable bonds is 5. The smallest absolute Gasteiger partial charge is 0.210 e. The van der Waals surface area contributed by atoms with Crippen LogP contribution in [0, 0.1) is 0 Å². The van der Waals surface area contributed by atoms with Gasteiger partial charge in [-0.15, -0.1) is 0 Å². The quantitative estimate of drug-likeness (QED) is 0.672. The molecule has 90 valence electrons. The molecule has 0 saturated carbocycles. The highest BCUT2D eigenvalue weighted by molar-refractivity contribution is 7.89. The fourth-order valence-electron chi connectivity index (χ4n) is 1.11. The van der Waals surface area contributed by atoms with Gasteiger partial charge in [-0.05, 0) is 17.7 Å². The zero-order valence-electron chi connectivity index (χ0n) is 8.48. The van der Waals surface area contributed by atoms with Gasteiger partial charge in [0.25, 0.3) is 0 Å². The summed E-state index contributed by atoms with van der Waals surface area (Å²) < 4.78 is 21.2. The maximum absolute atomic E-state index is 10.6. The van der Waals surface area contributed by atoms with E-state index >= 15 is 0 Å². The molecule has 0 heterocycles. The van der Waals surface area contributed by atoms with E-state index in [0.717, 1.165) is 5.56 Å². The Morgan fingerprint density at radius 1 is 1.44 bits per heavy atom. The molecular formula is C9H13ClN2O3S. The van der Waals surface area contributed by atoms with Crippen molar-refractivity contribution in [2.45, 2.75) is 6.54 Å². The summed E-state index contributed by atoms with van der Waals surface area (Å²) in [7, 11) is -3.42. The third-order valence-electron chi connectivity index (χ3n) is 1.90. The van der Waals surface area contributed by atoms with Crippen LogP contribution in [0.25, 0.3) is 0 Å². The lowest BCUT2D eigenvalue weighted by Crippen LogP contribution is -2.26. The van der Waals surface area contributed by atoms with E-state index in [0.29, 0.717) is 6.54 Å². The lowest BCUT2D eigenvalue weighted by Gasteiger charge is -2.05. The molecule has 7 heteroatoms. The standard InChI is InChI=1S/C9H13ClN2O3S/c10-8-5-7(1-2-9(8)13)6-12-3-4-16(11,14)15/h1-2,5,12-13H,3-4,6H2,(H2,11,14,15). The van der Waals surface area contributed by atoms with Gasteiger partial charge >= 0.3 is 0 Å². The average Bonchev–Trinajstić information content (AvgIpc) is 2.17. The minimum atomic E-state index is -3.42. The molecule has 0 atom stereocenters. The van der Waals surface area contributed by atoms with Crippen LogP contribution in [0.1, 0.15) is 5.56 Å². The second kappa shape index (κ2) is 5.49. The Morgan fingerprint density at radius 2 is 2.12 bits per heavy atom. The zero-order chi connectivity index (χ0) is 12.2. The van der Waals surface area contributed by atoms with Gasteiger partial charge in [0.2, 0.25) is 10.0 Å². The number of primary sulfonamides is 1. The van der Waals surface area contributed by atoms with E-state index in [9.17, 15) is 13.5 Å². The van der Waals surface area contributed by atoms with Gasteiger partial charge in [0.1, 0.15) is 5.75 Å². The SMILES string of the molecule is NS(=O)(=O)CCNCc1ccc(O)c(Cl)c1. The highest BCUT2D eigenvalue weighted by Crippen LogP contribution is 2.23. The van der Waals surface area contributed by atoms with Gasteiger partial charge in [-0.1, -0.05) is 17.7 Å². The third-order valence-corrected chi connectivity index (χ3v) is 2.98. The molecule has 0 aliphatic rings. The summed E-state index contributed by atoms with van der Waals surface area (Å²) in [4.78, 5) is 0. The van der Waals surface area contributed by atoms with Crippen molar-refractivity contribution in [1.82, 2.24) is 5.32 Å². The molecule has 0 aliphatic carbocycles. The van der Waals surface area contributed by atoms with Gasteiger partial charge in [0.15, 0.2) is 0 Å². The van der Waals surface area contributed by atoms with Crippen molar-refractivity contribution in [3.63, 3.8) is 0 Å². The molecular weight excluding hydrogens is 252 g/mol. The lowest BCUT2D eigenvalue weighted by molar-refractivity contribution is 0.475. The highest BCUT2D eigenvalue weighted by Gasteiger charge is 2.02. The number of sulfonamides is 1. The van der Waals surface area contributed by atoms with E-state index in [1.54, 1.807) is 12.1 Å². The molecule has 0 aliphatic heterocycles. The normalized spacial score (nSPS) is 11.6. The molecule has 0 aromatic heterocycles. The molecule has 0 radical (unpaired) electrons. The van der Waals surface area contributed by atoms with E-state index in [1.807, 2.05) is 0 Å². The predicted molar refractivity (Wildman–Crippen MR) is 62.8 cm³/mol. The molecule has 0 saturated heterocycles. The number of halogens is 1. The minimum absolute atomic E-state index is 0.0231. The lowest BCUT2D eigenvalue weighted by atomic mass is 10.2. The summed E-state index contributed by atoms with van der Waals surface area (Å²) in [5.74, 6) is -0.0892. The molecule has 0 bridgehead atoms. The highest BCUT2D eigenvalue weighted by atomic mass is 35.5. The van der Waals surface area contributed by atoms with Gasteiger partial charge in [-0.2, -0.15) is 0 Å². The first-order chi connectivity index (χ1) is 7.38. The van der Waals surface area contributed by atoms with Crippen molar-refractivity contribution in [3.05, 3.63) is 28.8 Å². The van der Waals surface area contributed by atoms with Crippen LogP contribution >= 0.6 is 11.6 Å². The molecule has 0 amide bonds. The molecule has 5 nitrogen and oxygen atoms in total. The van der Waals surface area contributed by atoms with Crippen molar-refractivity contribution < 1.29 is 13.5 Å². The minimum Gasteiger partial charge on any atom is -0.506 e. The molecule has 16 heavy (non-hydrogen) atoms. The van der Waals surface area contributed by atoms with E-state index in [2.05, 4.69) is 5.32 Å². The fraction of sp³-hybridized carbons (Fsp3) is 0.333. The third kappa shape index (κ3) is 4.80. The van der Waals surface area contributed by atoms with Crippen LogP contribution in [0.4, 0.5) is 0 Å². The summed E-state index contributed by atoms with van der Waals surface area (Å²) >= 11 is 5.71. The predicted octanol–water partition coefficient (Wildman–Crippen LogP) is 0.424. The van der Waals surface area contributed by atoms with Gasteiger partial charge < -0.3 is 10.4 Å². The van der Waals surface area contributed by atoms with Crippen molar-refractivity contribution in [3.8, 4) is 5.75 Å². The van der Waals surface area contributed by atoms with Crippen LogP contribution in [0.2, 0.25) is 5.02 Å². The Labute approximate surface area is 99.3 Å². The Kier molecular flexibility index (Phi) is 4.55. The molecule has 0 fully saturated rings. The molecule has 4 N–H and O–H groups in total. The van der Waals surface area contributed by atoms with E-state index in [4.69, 9.17) is 16.7 Å². The van der Waals surface area contributed by atoms with Crippen molar-refractivity contribution in [2.75, 3.05) is 12.3 Å². The summed E-state index contributed by atoms with van der Waals surface area (Å²) in [5, 5.41) is 17.2.